The third-order valence-corrected chi connectivity index (χ3v) is 3.56. The summed E-state index contributed by atoms with van der Waals surface area (Å²) in [6.07, 6.45) is -5.19. The summed E-state index contributed by atoms with van der Waals surface area (Å²) >= 11 is 0. The van der Waals surface area contributed by atoms with E-state index < -0.39 is 24.1 Å². The molecule has 1 aromatic rings. The lowest BCUT2D eigenvalue weighted by Gasteiger charge is -2.35. The van der Waals surface area contributed by atoms with Gasteiger partial charge in [0.15, 0.2) is 0 Å². The number of alkyl halides is 3. The van der Waals surface area contributed by atoms with Crippen molar-refractivity contribution in [2.45, 2.75) is 32.7 Å². The fraction of sp³-hybridized carbons (Fsp3) is 0.529. The number of carbonyl (C=O) groups is 2. The number of carbonyl (C=O) groups excluding carboxylic acids is 2. The Morgan fingerprint density at radius 3 is 1.96 bits per heavy atom. The number of hydrogen-bond donors (Lipinski definition) is 1. The number of nitrogens with zero attached hydrogens (tertiary/aromatic N) is 2. The Bertz CT molecular complexity index is 663. The second kappa shape index (κ2) is 7.93. The van der Waals surface area contributed by atoms with Crippen LogP contribution < -0.4 is 10.1 Å². The van der Waals surface area contributed by atoms with E-state index in [2.05, 4.69) is 10.1 Å². The molecule has 0 spiro atoms. The lowest BCUT2D eigenvalue weighted by molar-refractivity contribution is -0.274. The van der Waals surface area contributed by atoms with Gasteiger partial charge in [0.2, 0.25) is 0 Å². The van der Waals surface area contributed by atoms with Gasteiger partial charge >= 0.3 is 18.5 Å². The van der Waals surface area contributed by atoms with Crippen molar-refractivity contribution in [2.24, 2.45) is 0 Å². The SMILES string of the molecule is CC(C)(C)OC(=O)N1CCN(C(=O)Nc2ccc(OC(F)(F)F)cc2)CC1. The van der Waals surface area contributed by atoms with Crippen molar-refractivity contribution in [3.63, 3.8) is 0 Å². The van der Waals surface area contributed by atoms with Gasteiger partial charge in [0, 0.05) is 31.9 Å². The molecule has 0 radical (unpaired) electrons. The Labute approximate surface area is 155 Å². The summed E-state index contributed by atoms with van der Waals surface area (Å²) in [7, 11) is 0. The van der Waals surface area contributed by atoms with Crippen LogP contribution in [0.15, 0.2) is 24.3 Å². The maximum absolute atomic E-state index is 12.3. The number of anilines is 1. The maximum atomic E-state index is 12.3. The van der Waals surface area contributed by atoms with Gasteiger partial charge in [-0.05, 0) is 45.0 Å². The maximum Gasteiger partial charge on any atom is 0.573 e. The first kappa shape index (κ1) is 20.7. The third kappa shape index (κ3) is 6.87. The minimum atomic E-state index is -4.77. The normalized spacial score (nSPS) is 15.3. The zero-order valence-electron chi connectivity index (χ0n) is 15.3. The summed E-state index contributed by atoms with van der Waals surface area (Å²) in [5, 5.41) is 2.60. The first-order chi connectivity index (χ1) is 12.4. The van der Waals surface area contributed by atoms with Crippen LogP contribution in [-0.2, 0) is 4.74 Å². The fourth-order valence-electron chi connectivity index (χ4n) is 2.36. The van der Waals surface area contributed by atoms with Crippen molar-refractivity contribution in [2.75, 3.05) is 31.5 Å². The first-order valence-electron chi connectivity index (χ1n) is 8.33. The van der Waals surface area contributed by atoms with Crippen molar-refractivity contribution in [3.8, 4) is 5.75 Å². The number of ether oxygens (including phenoxy) is 2. The molecule has 0 aromatic heterocycles. The lowest BCUT2D eigenvalue weighted by Crippen LogP contribution is -2.52. The van der Waals surface area contributed by atoms with Crippen molar-refractivity contribution in [1.29, 1.82) is 0 Å². The molecule has 2 rings (SSSR count). The number of rotatable bonds is 2. The molecule has 7 nitrogen and oxygen atoms in total. The van der Waals surface area contributed by atoms with Crippen LogP contribution in [0.1, 0.15) is 20.8 Å². The molecular formula is C17H22F3N3O4. The summed E-state index contributed by atoms with van der Waals surface area (Å²) in [6.45, 7) is 6.64. The van der Waals surface area contributed by atoms with Crippen LogP contribution >= 0.6 is 0 Å². The van der Waals surface area contributed by atoms with E-state index in [9.17, 15) is 22.8 Å². The Morgan fingerprint density at radius 2 is 1.48 bits per heavy atom. The number of piperazine rings is 1. The molecule has 0 atom stereocenters. The second-order valence-electron chi connectivity index (χ2n) is 6.96. The van der Waals surface area contributed by atoms with E-state index >= 15 is 0 Å². The average Bonchev–Trinajstić information content (AvgIpc) is 2.54. The second-order valence-corrected chi connectivity index (χ2v) is 6.96. The summed E-state index contributed by atoms with van der Waals surface area (Å²) in [4.78, 5) is 27.3. The van der Waals surface area contributed by atoms with E-state index in [4.69, 9.17) is 4.74 Å². The first-order valence-corrected chi connectivity index (χ1v) is 8.33. The molecule has 0 saturated carbocycles. The number of urea groups is 1. The standard InChI is InChI=1S/C17H22F3N3O4/c1-16(2,3)27-15(25)23-10-8-22(9-11-23)14(24)21-12-4-6-13(7-5-12)26-17(18,19)20/h4-7H,8-11H2,1-3H3,(H,21,24). The number of halogens is 3. The molecule has 1 aromatic carbocycles. The number of hydrogen-bond acceptors (Lipinski definition) is 4. The van der Waals surface area contributed by atoms with E-state index in [0.29, 0.717) is 31.9 Å². The largest absolute Gasteiger partial charge is 0.573 e. The Balaban J connectivity index is 1.83. The molecule has 27 heavy (non-hydrogen) atoms. The number of nitrogens with one attached hydrogen (secondary N) is 1. The number of benzene rings is 1. The molecule has 0 unspecified atom stereocenters. The highest BCUT2D eigenvalue weighted by atomic mass is 19.4. The molecule has 1 saturated heterocycles. The minimum Gasteiger partial charge on any atom is -0.444 e. The Hall–Kier alpha value is -2.65. The van der Waals surface area contributed by atoms with Crippen molar-refractivity contribution < 1.29 is 32.2 Å². The van der Waals surface area contributed by atoms with Gasteiger partial charge < -0.3 is 24.6 Å². The zero-order chi connectivity index (χ0) is 20.2. The highest BCUT2D eigenvalue weighted by Crippen LogP contribution is 2.24. The Kier molecular flexibility index (Phi) is 6.07. The van der Waals surface area contributed by atoms with Crippen LogP contribution in [0.2, 0.25) is 0 Å². The monoisotopic (exact) mass is 389 g/mol. The van der Waals surface area contributed by atoms with Gasteiger partial charge in [-0.25, -0.2) is 9.59 Å². The van der Waals surface area contributed by atoms with Gasteiger partial charge in [-0.3, -0.25) is 0 Å². The van der Waals surface area contributed by atoms with Crippen LogP contribution in [-0.4, -0.2) is 60.1 Å². The van der Waals surface area contributed by atoms with Gasteiger partial charge in [-0.1, -0.05) is 0 Å². The van der Waals surface area contributed by atoms with E-state index in [1.54, 1.807) is 20.8 Å². The van der Waals surface area contributed by atoms with E-state index in [1.165, 1.54) is 21.9 Å². The molecule has 3 amide bonds. The van der Waals surface area contributed by atoms with Crippen LogP contribution in [0.5, 0.6) is 5.75 Å². The van der Waals surface area contributed by atoms with Crippen LogP contribution in [0, 0.1) is 0 Å². The molecule has 1 fully saturated rings. The highest BCUT2D eigenvalue weighted by Gasteiger charge is 2.31. The number of amides is 3. The predicted octanol–water partition coefficient (Wildman–Crippen LogP) is 3.67. The van der Waals surface area contributed by atoms with Gasteiger partial charge in [-0.2, -0.15) is 0 Å². The summed E-state index contributed by atoms with van der Waals surface area (Å²) < 4.78 is 45.5. The molecule has 0 bridgehead atoms. The van der Waals surface area contributed by atoms with Crippen molar-refractivity contribution in [3.05, 3.63) is 24.3 Å². The van der Waals surface area contributed by atoms with Gasteiger partial charge in [0.1, 0.15) is 11.4 Å². The predicted molar refractivity (Wildman–Crippen MR) is 91.5 cm³/mol. The molecule has 1 heterocycles. The minimum absolute atomic E-state index is 0.320. The van der Waals surface area contributed by atoms with Crippen LogP contribution in [0.25, 0.3) is 0 Å². The average molecular weight is 389 g/mol. The summed E-state index contributed by atoms with van der Waals surface area (Å²) in [5.41, 5.74) is -0.253. The third-order valence-electron chi connectivity index (χ3n) is 3.56. The van der Waals surface area contributed by atoms with E-state index in [-0.39, 0.29) is 5.75 Å². The molecule has 1 aliphatic rings. The quantitative estimate of drug-likeness (QED) is 0.838. The summed E-state index contributed by atoms with van der Waals surface area (Å²) in [6, 6.07) is 4.46. The molecule has 150 valence electrons. The van der Waals surface area contributed by atoms with Crippen LogP contribution in [0.4, 0.5) is 28.4 Å². The highest BCUT2D eigenvalue weighted by molar-refractivity contribution is 5.89. The fourth-order valence-corrected chi connectivity index (χ4v) is 2.36. The van der Waals surface area contributed by atoms with Gasteiger partial charge in [0.05, 0.1) is 0 Å². The topological polar surface area (TPSA) is 71.1 Å². The Morgan fingerprint density at radius 1 is 0.963 bits per heavy atom. The summed E-state index contributed by atoms with van der Waals surface area (Å²) in [5.74, 6) is -0.369. The van der Waals surface area contributed by atoms with Gasteiger partial charge in [0.25, 0.3) is 0 Å². The molecule has 1 aliphatic heterocycles. The molecule has 1 N–H and O–H groups in total. The molecular weight excluding hydrogens is 367 g/mol. The van der Waals surface area contributed by atoms with Gasteiger partial charge in [-0.15, -0.1) is 13.2 Å². The molecule has 10 heteroatoms. The lowest BCUT2D eigenvalue weighted by atomic mass is 10.2. The zero-order valence-corrected chi connectivity index (χ0v) is 15.3. The molecule has 0 aliphatic carbocycles. The van der Waals surface area contributed by atoms with Crippen molar-refractivity contribution in [1.82, 2.24) is 9.80 Å². The van der Waals surface area contributed by atoms with Crippen molar-refractivity contribution >= 4 is 17.8 Å². The smallest absolute Gasteiger partial charge is 0.444 e. The van der Waals surface area contributed by atoms with Crippen LogP contribution in [0.3, 0.4) is 0 Å². The van der Waals surface area contributed by atoms with E-state index in [0.717, 1.165) is 12.1 Å². The van der Waals surface area contributed by atoms with E-state index in [1.807, 2.05) is 0 Å².